The summed E-state index contributed by atoms with van der Waals surface area (Å²) in [5.41, 5.74) is 3.83. The Labute approximate surface area is 204 Å². The van der Waals surface area contributed by atoms with Crippen LogP contribution in [0.25, 0.3) is 16.8 Å². The van der Waals surface area contributed by atoms with Crippen LogP contribution in [0.4, 0.5) is 0 Å². The molecule has 1 aromatic carbocycles. The third kappa shape index (κ3) is 9.80. The smallest absolute Gasteiger partial charge is 0.233 e. The van der Waals surface area contributed by atoms with Crippen LogP contribution in [0, 0.1) is 0 Å². The Bertz CT molecular complexity index is 901. The molecule has 0 saturated carbocycles. The minimum absolute atomic E-state index is 0.124. The van der Waals surface area contributed by atoms with Crippen molar-refractivity contribution in [2.24, 2.45) is 0 Å². The van der Waals surface area contributed by atoms with Crippen LogP contribution in [0.1, 0.15) is 40.2 Å². The summed E-state index contributed by atoms with van der Waals surface area (Å²) >= 11 is 1.47. The minimum Gasteiger partial charge on any atom is -0.378 e. The third-order valence-electron chi connectivity index (χ3n) is 4.55. The van der Waals surface area contributed by atoms with Crippen LogP contribution in [-0.2, 0) is 9.53 Å². The number of pyridine rings is 1. The highest BCUT2D eigenvalue weighted by molar-refractivity contribution is 7.99. The molecule has 1 amide bonds. The lowest BCUT2D eigenvalue weighted by Crippen LogP contribution is -2.41. The maximum atomic E-state index is 12.5. The minimum atomic E-state index is 0.124. The van der Waals surface area contributed by atoms with E-state index in [0.717, 1.165) is 27.4 Å². The zero-order valence-electron chi connectivity index (χ0n) is 20.7. The molecule has 1 aliphatic heterocycles. The van der Waals surface area contributed by atoms with Crippen LogP contribution in [-0.4, -0.2) is 47.8 Å². The molecule has 1 fully saturated rings. The summed E-state index contributed by atoms with van der Waals surface area (Å²) in [5, 5.41) is 0.823. The van der Waals surface area contributed by atoms with Gasteiger partial charge in [0.15, 0.2) is 0 Å². The number of benzene rings is 1. The molecule has 33 heavy (non-hydrogen) atoms. The van der Waals surface area contributed by atoms with E-state index in [0.29, 0.717) is 32.1 Å². The SMILES string of the molecule is C=C(/C=C\C=C/C)c1cc(SCC(=O)N2CCOCC2)nc(-c2ccccc2)c1.CC.CC. The maximum absolute atomic E-state index is 12.5. The molecule has 0 unspecified atom stereocenters. The number of allylic oxidation sites excluding steroid dienone is 5. The fourth-order valence-electron chi connectivity index (χ4n) is 2.94. The third-order valence-corrected chi connectivity index (χ3v) is 5.45. The predicted molar refractivity (Wildman–Crippen MR) is 143 cm³/mol. The fourth-order valence-corrected chi connectivity index (χ4v) is 3.77. The first-order valence-corrected chi connectivity index (χ1v) is 12.7. The van der Waals surface area contributed by atoms with Gasteiger partial charge in [-0.05, 0) is 30.2 Å². The molecule has 5 heteroatoms. The second-order valence-electron chi connectivity index (χ2n) is 6.64. The monoisotopic (exact) mass is 466 g/mol. The molecule has 0 bridgehead atoms. The highest BCUT2D eigenvalue weighted by atomic mass is 32.2. The van der Waals surface area contributed by atoms with Crippen LogP contribution < -0.4 is 0 Å². The molecule has 0 atom stereocenters. The summed E-state index contributed by atoms with van der Waals surface area (Å²) in [6.07, 6.45) is 7.91. The van der Waals surface area contributed by atoms with Crippen molar-refractivity contribution < 1.29 is 9.53 Å². The molecule has 0 aliphatic carbocycles. The van der Waals surface area contributed by atoms with Crippen molar-refractivity contribution in [2.75, 3.05) is 32.1 Å². The van der Waals surface area contributed by atoms with E-state index in [1.807, 2.05) is 106 Å². The highest BCUT2D eigenvalue weighted by Gasteiger charge is 2.17. The van der Waals surface area contributed by atoms with E-state index in [4.69, 9.17) is 9.72 Å². The number of hydrogen-bond donors (Lipinski definition) is 0. The number of rotatable bonds is 7. The average Bonchev–Trinajstić information content (AvgIpc) is 2.90. The quantitative estimate of drug-likeness (QED) is 0.329. The Morgan fingerprint density at radius 1 is 1.09 bits per heavy atom. The molecule has 4 nitrogen and oxygen atoms in total. The molecule has 1 saturated heterocycles. The summed E-state index contributed by atoms with van der Waals surface area (Å²) in [7, 11) is 0. The molecule has 2 aromatic rings. The van der Waals surface area contributed by atoms with E-state index >= 15 is 0 Å². The average molecular weight is 467 g/mol. The van der Waals surface area contributed by atoms with E-state index < -0.39 is 0 Å². The lowest BCUT2D eigenvalue weighted by atomic mass is 10.0. The van der Waals surface area contributed by atoms with Gasteiger partial charge in [0.05, 0.1) is 29.7 Å². The van der Waals surface area contributed by atoms with Crippen molar-refractivity contribution in [3.8, 4) is 11.3 Å². The van der Waals surface area contributed by atoms with Gasteiger partial charge in [-0.3, -0.25) is 4.79 Å². The summed E-state index contributed by atoms with van der Waals surface area (Å²) in [6.45, 7) is 16.7. The fraction of sp³-hybridized carbons (Fsp3) is 0.357. The van der Waals surface area contributed by atoms with Crippen LogP contribution >= 0.6 is 11.8 Å². The van der Waals surface area contributed by atoms with Gasteiger partial charge in [-0.2, -0.15) is 0 Å². The molecule has 3 rings (SSSR count). The predicted octanol–water partition coefficient (Wildman–Crippen LogP) is 6.90. The Morgan fingerprint density at radius 2 is 1.76 bits per heavy atom. The van der Waals surface area contributed by atoms with E-state index in [1.54, 1.807) is 0 Å². The van der Waals surface area contributed by atoms with Crippen LogP contribution in [0.15, 0.2) is 78.4 Å². The highest BCUT2D eigenvalue weighted by Crippen LogP contribution is 2.27. The lowest BCUT2D eigenvalue weighted by Gasteiger charge is -2.26. The molecule has 178 valence electrons. The first-order valence-electron chi connectivity index (χ1n) is 11.7. The zero-order chi connectivity index (χ0) is 24.5. The zero-order valence-corrected chi connectivity index (χ0v) is 21.5. The van der Waals surface area contributed by atoms with Gasteiger partial charge in [0.2, 0.25) is 5.91 Å². The van der Waals surface area contributed by atoms with E-state index in [1.165, 1.54) is 11.8 Å². The van der Waals surface area contributed by atoms with Gasteiger partial charge in [-0.1, -0.05) is 101 Å². The van der Waals surface area contributed by atoms with Gasteiger partial charge in [-0.15, -0.1) is 0 Å². The summed E-state index contributed by atoms with van der Waals surface area (Å²) in [6, 6.07) is 14.1. The number of carbonyl (C=O) groups is 1. The van der Waals surface area contributed by atoms with E-state index in [-0.39, 0.29) is 5.91 Å². The molecule has 0 radical (unpaired) electrons. The van der Waals surface area contributed by atoms with Crippen molar-refractivity contribution in [1.82, 2.24) is 9.88 Å². The number of amides is 1. The Balaban J connectivity index is 0.00000129. The number of aromatic nitrogens is 1. The molecule has 0 spiro atoms. The number of nitrogens with zero attached hydrogens (tertiary/aromatic N) is 2. The van der Waals surface area contributed by atoms with E-state index in [9.17, 15) is 4.79 Å². The van der Waals surface area contributed by atoms with Crippen molar-refractivity contribution in [3.63, 3.8) is 0 Å². The largest absolute Gasteiger partial charge is 0.378 e. The number of carbonyl (C=O) groups excluding carboxylic acids is 1. The Kier molecular flexibility index (Phi) is 14.6. The lowest BCUT2D eigenvalue weighted by molar-refractivity contribution is -0.132. The maximum Gasteiger partial charge on any atom is 0.233 e. The van der Waals surface area contributed by atoms with Gasteiger partial charge in [-0.25, -0.2) is 4.98 Å². The van der Waals surface area contributed by atoms with Crippen molar-refractivity contribution in [1.29, 1.82) is 0 Å². The van der Waals surface area contributed by atoms with Crippen molar-refractivity contribution >= 4 is 23.2 Å². The van der Waals surface area contributed by atoms with Crippen LogP contribution in [0.2, 0.25) is 0 Å². The van der Waals surface area contributed by atoms with Gasteiger partial charge in [0, 0.05) is 18.7 Å². The normalized spacial score (nSPS) is 13.2. The number of ether oxygens (including phenoxy) is 1. The molecule has 1 aromatic heterocycles. The first kappa shape index (κ1) is 28.4. The summed E-state index contributed by atoms with van der Waals surface area (Å²) < 4.78 is 5.33. The number of thioether (sulfide) groups is 1. The van der Waals surface area contributed by atoms with Gasteiger partial charge in [0.1, 0.15) is 0 Å². The van der Waals surface area contributed by atoms with Crippen LogP contribution in [0.5, 0.6) is 0 Å². The van der Waals surface area contributed by atoms with Crippen LogP contribution in [0.3, 0.4) is 0 Å². The van der Waals surface area contributed by atoms with Crippen molar-refractivity contribution in [2.45, 2.75) is 39.6 Å². The number of hydrogen-bond acceptors (Lipinski definition) is 4. The van der Waals surface area contributed by atoms with Crippen molar-refractivity contribution in [3.05, 3.63) is 78.9 Å². The number of morpholine rings is 1. The molecule has 0 N–H and O–H groups in total. The second-order valence-corrected chi connectivity index (χ2v) is 7.63. The Hall–Kier alpha value is -2.63. The molecule has 2 heterocycles. The molecule has 1 aliphatic rings. The summed E-state index contributed by atoms with van der Waals surface area (Å²) in [5.74, 6) is 0.490. The van der Waals surface area contributed by atoms with E-state index in [2.05, 4.69) is 6.58 Å². The summed E-state index contributed by atoms with van der Waals surface area (Å²) in [4.78, 5) is 19.2. The molecular weight excluding hydrogens is 428 g/mol. The topological polar surface area (TPSA) is 42.4 Å². The Morgan fingerprint density at radius 3 is 2.39 bits per heavy atom. The standard InChI is InChI=1S/C24H26N2O2S.2C2H6/c1-3-4-6-9-19(2)21-16-22(20-10-7-5-8-11-20)25-23(17-21)29-18-24(27)26-12-14-28-15-13-26;2*1-2/h3-11,16-17H,2,12-15,18H2,1H3;2*1-2H3/b4-3-,9-6-;;. The second kappa shape index (κ2) is 16.9. The molecular formula is C28H38N2O2S. The van der Waals surface area contributed by atoms with Gasteiger partial charge in [0.25, 0.3) is 0 Å². The van der Waals surface area contributed by atoms with Gasteiger partial charge >= 0.3 is 0 Å². The van der Waals surface area contributed by atoms with Gasteiger partial charge < -0.3 is 9.64 Å². The first-order chi connectivity index (χ1) is 16.2.